The molecule has 0 spiro atoms. The summed E-state index contributed by atoms with van der Waals surface area (Å²) in [6.45, 7) is 6.32. The van der Waals surface area contributed by atoms with E-state index in [2.05, 4.69) is 40.3 Å². The summed E-state index contributed by atoms with van der Waals surface area (Å²) in [5, 5.41) is 3.90. The number of nitrogens with one attached hydrogen (secondary N) is 1. The topological polar surface area (TPSA) is 45.2 Å². The fourth-order valence-corrected chi connectivity index (χ4v) is 4.83. The number of pyridine rings is 1. The van der Waals surface area contributed by atoms with Crippen LogP contribution < -0.4 is 5.32 Å². The second kappa shape index (κ2) is 12.1. The smallest absolute Gasteiger partial charge is 0.251 e. The molecule has 3 aromatic rings. The average Bonchev–Trinajstić information content (AvgIpc) is 3.63. The number of aromatic nitrogens is 1. The third kappa shape index (κ3) is 6.91. The molecule has 1 N–H and O–H groups in total. The van der Waals surface area contributed by atoms with Gasteiger partial charge in [0, 0.05) is 35.4 Å². The number of nitrogens with zero attached hydrogens (tertiary/aromatic N) is 2. The van der Waals surface area contributed by atoms with Crippen molar-refractivity contribution in [2.45, 2.75) is 38.5 Å². The Morgan fingerprint density at radius 3 is 2.65 bits per heavy atom. The predicted octanol–water partition coefficient (Wildman–Crippen LogP) is 6.43. The highest BCUT2D eigenvalue weighted by molar-refractivity contribution is 6.30. The summed E-state index contributed by atoms with van der Waals surface area (Å²) in [5.74, 6) is 1.38. The number of hydrogen-bond acceptors (Lipinski definition) is 3. The Labute approximate surface area is 208 Å². The summed E-state index contributed by atoms with van der Waals surface area (Å²) in [5.41, 5.74) is 4.00. The van der Waals surface area contributed by atoms with Crippen LogP contribution in [0.1, 0.15) is 54.4 Å². The molecule has 2 atom stereocenters. The van der Waals surface area contributed by atoms with Crippen LogP contribution in [0.5, 0.6) is 0 Å². The molecule has 178 valence electrons. The molecule has 1 saturated carbocycles. The lowest BCUT2D eigenvalue weighted by Crippen LogP contribution is -2.29. The predicted molar refractivity (Wildman–Crippen MR) is 140 cm³/mol. The standard InChI is InChI=1S/C29H34ClN3O/c1-2-17-33(21-25-20-27(25)24-8-7-9-26(30)19-24)18-6-5-16-32-29(34)23-13-11-22(12-14-23)28-10-3-4-15-31-28/h3-4,7-15,19,25,27H,2,5-6,16-18,20-21H2,1H3,(H,32,34). The van der Waals surface area contributed by atoms with Gasteiger partial charge < -0.3 is 10.2 Å². The summed E-state index contributed by atoms with van der Waals surface area (Å²) >= 11 is 6.17. The number of carbonyl (C=O) groups is 1. The van der Waals surface area contributed by atoms with Gasteiger partial charge in [-0.1, -0.05) is 48.9 Å². The van der Waals surface area contributed by atoms with Crippen molar-refractivity contribution in [3.05, 3.63) is 89.1 Å². The van der Waals surface area contributed by atoms with E-state index < -0.39 is 0 Å². The maximum Gasteiger partial charge on any atom is 0.251 e. The molecule has 0 aliphatic heterocycles. The van der Waals surface area contributed by atoms with Crippen molar-refractivity contribution < 1.29 is 4.79 Å². The van der Waals surface area contributed by atoms with Gasteiger partial charge in [-0.25, -0.2) is 0 Å². The van der Waals surface area contributed by atoms with E-state index in [1.54, 1.807) is 6.20 Å². The van der Waals surface area contributed by atoms with Crippen molar-refractivity contribution in [1.82, 2.24) is 15.2 Å². The minimum Gasteiger partial charge on any atom is -0.352 e. The van der Waals surface area contributed by atoms with Gasteiger partial charge in [-0.3, -0.25) is 9.78 Å². The summed E-state index contributed by atoms with van der Waals surface area (Å²) in [4.78, 5) is 19.4. The van der Waals surface area contributed by atoms with Gasteiger partial charge in [0.15, 0.2) is 0 Å². The van der Waals surface area contributed by atoms with Crippen LogP contribution in [-0.2, 0) is 0 Å². The second-order valence-corrected chi connectivity index (χ2v) is 9.65. The lowest BCUT2D eigenvalue weighted by molar-refractivity contribution is 0.0952. The molecule has 1 aromatic heterocycles. The number of unbranched alkanes of at least 4 members (excludes halogenated alkanes) is 1. The Bertz CT molecular complexity index is 1050. The molecule has 0 radical (unpaired) electrons. The van der Waals surface area contributed by atoms with Crippen molar-refractivity contribution in [2.75, 3.05) is 26.2 Å². The Morgan fingerprint density at radius 2 is 1.91 bits per heavy atom. The van der Waals surface area contributed by atoms with Crippen LogP contribution in [0.15, 0.2) is 72.9 Å². The van der Waals surface area contributed by atoms with Gasteiger partial charge in [0.25, 0.3) is 5.91 Å². The lowest BCUT2D eigenvalue weighted by Gasteiger charge is -2.22. The number of carbonyl (C=O) groups excluding carboxylic acids is 1. The maximum atomic E-state index is 12.5. The van der Waals surface area contributed by atoms with Crippen LogP contribution in [0.3, 0.4) is 0 Å². The minimum atomic E-state index is -0.0136. The van der Waals surface area contributed by atoms with Gasteiger partial charge in [-0.05, 0) is 92.6 Å². The lowest BCUT2D eigenvalue weighted by atomic mass is 10.1. The molecule has 0 bridgehead atoms. The first-order valence-corrected chi connectivity index (χ1v) is 12.8. The van der Waals surface area contributed by atoms with E-state index in [9.17, 15) is 4.79 Å². The van der Waals surface area contributed by atoms with Gasteiger partial charge in [0.2, 0.25) is 0 Å². The van der Waals surface area contributed by atoms with Crippen LogP contribution in [0.25, 0.3) is 11.3 Å². The van der Waals surface area contributed by atoms with E-state index in [0.717, 1.165) is 54.7 Å². The SMILES string of the molecule is CCCN(CCCCNC(=O)c1ccc(-c2ccccn2)cc1)CC1CC1c1cccc(Cl)c1. The van der Waals surface area contributed by atoms with E-state index in [0.29, 0.717) is 18.0 Å². The van der Waals surface area contributed by atoms with Crippen LogP contribution >= 0.6 is 11.6 Å². The second-order valence-electron chi connectivity index (χ2n) is 9.21. The molecular formula is C29H34ClN3O. The summed E-state index contributed by atoms with van der Waals surface area (Å²) in [7, 11) is 0. The fraction of sp³-hybridized carbons (Fsp3) is 0.379. The quantitative estimate of drug-likeness (QED) is 0.307. The van der Waals surface area contributed by atoms with E-state index >= 15 is 0 Å². The van der Waals surface area contributed by atoms with Gasteiger partial charge in [-0.15, -0.1) is 0 Å². The number of hydrogen-bond donors (Lipinski definition) is 1. The van der Waals surface area contributed by atoms with Gasteiger partial charge in [0.05, 0.1) is 5.69 Å². The van der Waals surface area contributed by atoms with Gasteiger partial charge in [-0.2, -0.15) is 0 Å². The Kier molecular flexibility index (Phi) is 8.73. The molecule has 4 rings (SSSR count). The van der Waals surface area contributed by atoms with Crippen molar-refractivity contribution in [2.24, 2.45) is 5.92 Å². The molecular weight excluding hydrogens is 442 g/mol. The molecule has 2 unspecified atom stereocenters. The minimum absolute atomic E-state index is 0.0136. The molecule has 0 saturated heterocycles. The molecule has 1 aliphatic carbocycles. The summed E-state index contributed by atoms with van der Waals surface area (Å²) in [6, 6.07) is 21.8. The normalized spacial score (nSPS) is 17.0. The van der Waals surface area contributed by atoms with Crippen LogP contribution in [0, 0.1) is 5.92 Å². The third-order valence-corrected chi connectivity index (χ3v) is 6.76. The first kappa shape index (κ1) is 24.4. The van der Waals surface area contributed by atoms with Crippen molar-refractivity contribution in [1.29, 1.82) is 0 Å². The molecule has 1 amide bonds. The zero-order valence-corrected chi connectivity index (χ0v) is 20.7. The highest BCUT2D eigenvalue weighted by atomic mass is 35.5. The molecule has 1 fully saturated rings. The van der Waals surface area contributed by atoms with Crippen LogP contribution in [0.4, 0.5) is 0 Å². The van der Waals surface area contributed by atoms with Crippen LogP contribution in [-0.4, -0.2) is 42.0 Å². The number of benzene rings is 2. The van der Waals surface area contributed by atoms with Gasteiger partial charge >= 0.3 is 0 Å². The third-order valence-electron chi connectivity index (χ3n) is 6.53. The van der Waals surface area contributed by atoms with Gasteiger partial charge in [0.1, 0.15) is 0 Å². The zero-order valence-electron chi connectivity index (χ0n) is 19.9. The largest absolute Gasteiger partial charge is 0.352 e. The van der Waals surface area contributed by atoms with Crippen molar-refractivity contribution in [3.63, 3.8) is 0 Å². The van der Waals surface area contributed by atoms with E-state index in [1.165, 1.54) is 18.4 Å². The van der Waals surface area contributed by atoms with Crippen LogP contribution in [0.2, 0.25) is 5.02 Å². The highest BCUT2D eigenvalue weighted by Crippen LogP contribution is 2.48. The highest BCUT2D eigenvalue weighted by Gasteiger charge is 2.39. The molecule has 2 aromatic carbocycles. The maximum absolute atomic E-state index is 12.5. The fourth-order valence-electron chi connectivity index (χ4n) is 4.63. The number of amides is 1. The Morgan fingerprint density at radius 1 is 1.06 bits per heavy atom. The summed E-state index contributed by atoms with van der Waals surface area (Å²) in [6.07, 6.45) is 6.28. The first-order valence-electron chi connectivity index (χ1n) is 12.4. The molecule has 34 heavy (non-hydrogen) atoms. The molecule has 4 nitrogen and oxygen atoms in total. The monoisotopic (exact) mass is 475 g/mol. The zero-order chi connectivity index (χ0) is 23.8. The van der Waals surface area contributed by atoms with E-state index in [4.69, 9.17) is 11.6 Å². The Balaban J connectivity index is 1.16. The first-order chi connectivity index (χ1) is 16.6. The summed E-state index contributed by atoms with van der Waals surface area (Å²) < 4.78 is 0. The number of rotatable bonds is 12. The van der Waals surface area contributed by atoms with Crippen molar-refractivity contribution >= 4 is 17.5 Å². The number of halogens is 1. The molecule has 1 heterocycles. The molecule has 5 heteroatoms. The van der Waals surface area contributed by atoms with Crippen molar-refractivity contribution in [3.8, 4) is 11.3 Å². The average molecular weight is 476 g/mol. The Hall–Kier alpha value is -2.69. The van der Waals surface area contributed by atoms with E-state index in [1.807, 2.05) is 48.5 Å². The van der Waals surface area contributed by atoms with E-state index in [-0.39, 0.29) is 5.91 Å². The molecule has 1 aliphatic rings.